The molecule has 0 aliphatic heterocycles. The first-order valence-corrected chi connectivity index (χ1v) is 5.86. The Hall–Kier alpha value is -2.18. The van der Waals surface area contributed by atoms with Crippen LogP contribution in [0.1, 0.15) is 19.4 Å². The summed E-state index contributed by atoms with van der Waals surface area (Å²) in [4.78, 5) is 19.1. The molecule has 2 atom stereocenters. The van der Waals surface area contributed by atoms with E-state index in [2.05, 4.69) is 6.58 Å². The molecule has 0 aliphatic rings. The minimum absolute atomic E-state index is 0.731. The summed E-state index contributed by atoms with van der Waals surface area (Å²) in [7, 11) is 0. The first-order valence-electron chi connectivity index (χ1n) is 5.86. The van der Waals surface area contributed by atoms with Crippen LogP contribution in [0, 0.1) is 0 Å². The number of carboxylic acid groups (broad SMARTS) is 2. The molecule has 0 heterocycles. The number of aliphatic carboxylic acids is 2. The molecule has 0 aromatic heterocycles. The zero-order chi connectivity index (χ0) is 16.1. The summed E-state index contributed by atoms with van der Waals surface area (Å²) < 4.78 is 0. The first kappa shape index (κ1) is 20.1. The molecule has 1 aromatic rings. The highest BCUT2D eigenvalue weighted by atomic mass is 16.4. The molecule has 1 rings (SSSR count). The second-order valence-corrected chi connectivity index (χ2v) is 3.87. The summed E-state index contributed by atoms with van der Waals surface area (Å²) in [6.45, 7) is 6.47. The summed E-state index contributed by atoms with van der Waals surface area (Å²) in [5, 5.41) is 15.7. The summed E-state index contributed by atoms with van der Waals surface area (Å²) in [5.74, 6) is -1.93. The zero-order valence-corrected chi connectivity index (χ0v) is 11.7. The average molecular weight is 282 g/mol. The van der Waals surface area contributed by atoms with Crippen LogP contribution in [0.4, 0.5) is 0 Å². The van der Waals surface area contributed by atoms with Gasteiger partial charge in [-0.25, -0.2) is 0 Å². The van der Waals surface area contributed by atoms with E-state index in [4.69, 9.17) is 21.7 Å². The lowest BCUT2D eigenvalue weighted by Crippen LogP contribution is -2.25. The third-order valence-corrected chi connectivity index (χ3v) is 1.81. The lowest BCUT2D eigenvalue weighted by molar-refractivity contribution is -0.139. The van der Waals surface area contributed by atoms with E-state index in [1.54, 1.807) is 0 Å². The van der Waals surface area contributed by atoms with Crippen LogP contribution in [0.3, 0.4) is 0 Å². The van der Waals surface area contributed by atoms with Crippen LogP contribution in [0.25, 0.3) is 6.08 Å². The van der Waals surface area contributed by atoms with Crippen molar-refractivity contribution in [2.75, 3.05) is 0 Å². The van der Waals surface area contributed by atoms with Crippen molar-refractivity contribution >= 4 is 18.0 Å². The van der Waals surface area contributed by atoms with Crippen LogP contribution in [0.5, 0.6) is 0 Å². The average Bonchev–Trinajstić information content (AvgIpc) is 2.40. The Morgan fingerprint density at radius 2 is 1.35 bits per heavy atom. The topological polar surface area (TPSA) is 127 Å². The van der Waals surface area contributed by atoms with Gasteiger partial charge in [0.05, 0.1) is 0 Å². The quantitative estimate of drug-likeness (QED) is 0.659. The SMILES string of the molecule is C=Cc1ccccc1.C[C@H](N)C(=O)O.C[C@H](N)C(=O)O. The minimum Gasteiger partial charge on any atom is -0.480 e. The monoisotopic (exact) mass is 282 g/mol. The van der Waals surface area contributed by atoms with Crippen molar-refractivity contribution in [1.82, 2.24) is 0 Å². The van der Waals surface area contributed by atoms with Gasteiger partial charge >= 0.3 is 11.9 Å². The maximum Gasteiger partial charge on any atom is 0.320 e. The lowest BCUT2D eigenvalue weighted by Gasteiger charge is -1.90. The highest BCUT2D eigenvalue weighted by Crippen LogP contribution is 1.97. The third kappa shape index (κ3) is 13.9. The number of nitrogens with two attached hydrogens (primary N) is 2. The fourth-order valence-corrected chi connectivity index (χ4v) is 0.589. The first-order chi connectivity index (χ1) is 9.22. The van der Waals surface area contributed by atoms with E-state index in [1.807, 2.05) is 36.4 Å². The number of hydrogen-bond donors (Lipinski definition) is 4. The normalized spacial score (nSPS) is 11.6. The Bertz CT molecular complexity index is 385. The Morgan fingerprint density at radius 1 is 1.05 bits per heavy atom. The van der Waals surface area contributed by atoms with E-state index in [9.17, 15) is 9.59 Å². The highest BCUT2D eigenvalue weighted by Gasteiger charge is 2.00. The molecule has 1 aromatic carbocycles. The van der Waals surface area contributed by atoms with Crippen molar-refractivity contribution in [2.24, 2.45) is 11.5 Å². The van der Waals surface area contributed by atoms with Crippen molar-refractivity contribution in [3.8, 4) is 0 Å². The molecule has 0 radical (unpaired) electrons. The second-order valence-electron chi connectivity index (χ2n) is 3.87. The molecule has 0 fully saturated rings. The summed E-state index contributed by atoms with van der Waals surface area (Å²) in [6, 6.07) is 8.57. The zero-order valence-electron chi connectivity index (χ0n) is 11.7. The maximum atomic E-state index is 9.57. The van der Waals surface area contributed by atoms with E-state index in [0.29, 0.717) is 0 Å². The van der Waals surface area contributed by atoms with Crippen molar-refractivity contribution in [1.29, 1.82) is 0 Å². The molecular weight excluding hydrogens is 260 g/mol. The van der Waals surface area contributed by atoms with Gasteiger partial charge in [0.15, 0.2) is 0 Å². The van der Waals surface area contributed by atoms with Crippen LogP contribution in [-0.2, 0) is 9.59 Å². The van der Waals surface area contributed by atoms with Crippen LogP contribution >= 0.6 is 0 Å². The van der Waals surface area contributed by atoms with Gasteiger partial charge in [0.1, 0.15) is 12.1 Å². The van der Waals surface area contributed by atoms with Gasteiger partial charge in [0, 0.05) is 0 Å². The van der Waals surface area contributed by atoms with Gasteiger partial charge in [0.2, 0.25) is 0 Å². The Labute approximate surface area is 118 Å². The van der Waals surface area contributed by atoms with E-state index < -0.39 is 24.0 Å². The minimum atomic E-state index is -0.963. The van der Waals surface area contributed by atoms with E-state index in [0.717, 1.165) is 0 Å². The molecule has 0 aliphatic carbocycles. The molecule has 6 nitrogen and oxygen atoms in total. The van der Waals surface area contributed by atoms with Crippen LogP contribution < -0.4 is 11.5 Å². The van der Waals surface area contributed by atoms with Crippen molar-refractivity contribution < 1.29 is 19.8 Å². The van der Waals surface area contributed by atoms with Crippen molar-refractivity contribution in [3.05, 3.63) is 42.5 Å². The summed E-state index contributed by atoms with van der Waals surface area (Å²) in [6.07, 6.45) is 1.83. The fraction of sp³-hybridized carbons (Fsp3) is 0.286. The number of benzene rings is 1. The number of carboxylic acids is 2. The molecule has 112 valence electrons. The maximum absolute atomic E-state index is 9.57. The molecule has 6 heteroatoms. The predicted octanol–water partition coefficient (Wildman–Crippen LogP) is 1.17. The van der Waals surface area contributed by atoms with Crippen LogP contribution in [-0.4, -0.2) is 34.2 Å². The van der Waals surface area contributed by atoms with Gasteiger partial charge in [-0.2, -0.15) is 0 Å². The van der Waals surface area contributed by atoms with Gasteiger partial charge in [0.25, 0.3) is 0 Å². The predicted molar refractivity (Wildman–Crippen MR) is 79.1 cm³/mol. The van der Waals surface area contributed by atoms with Gasteiger partial charge < -0.3 is 21.7 Å². The summed E-state index contributed by atoms with van der Waals surface area (Å²) in [5.41, 5.74) is 10.8. The Kier molecular flexibility index (Phi) is 12.0. The third-order valence-electron chi connectivity index (χ3n) is 1.81. The number of carbonyl (C=O) groups is 2. The lowest BCUT2D eigenvalue weighted by atomic mass is 10.2. The Balaban J connectivity index is 0. The van der Waals surface area contributed by atoms with Gasteiger partial charge in [-0.1, -0.05) is 43.0 Å². The molecule has 0 saturated carbocycles. The summed E-state index contributed by atoms with van der Waals surface area (Å²) >= 11 is 0. The number of hydrogen-bond acceptors (Lipinski definition) is 4. The standard InChI is InChI=1S/C8H8.2C3H7NO2/c1-2-8-6-4-3-5-7-8;2*1-2(4)3(5)6/h2-7H,1H2;2*2H,4H2,1H3,(H,5,6)/t;2*2-/m.00/s1. The largest absolute Gasteiger partial charge is 0.480 e. The van der Waals surface area contributed by atoms with Gasteiger partial charge in [-0.05, 0) is 19.4 Å². The molecule has 6 N–H and O–H groups in total. The second kappa shape index (κ2) is 11.9. The molecular formula is C14H22N2O4. The van der Waals surface area contributed by atoms with Crippen molar-refractivity contribution in [2.45, 2.75) is 25.9 Å². The molecule has 0 unspecified atom stereocenters. The smallest absolute Gasteiger partial charge is 0.320 e. The number of rotatable bonds is 3. The van der Waals surface area contributed by atoms with Gasteiger partial charge in [-0.15, -0.1) is 0 Å². The van der Waals surface area contributed by atoms with Gasteiger partial charge in [-0.3, -0.25) is 9.59 Å². The fourth-order valence-electron chi connectivity index (χ4n) is 0.589. The van der Waals surface area contributed by atoms with Crippen molar-refractivity contribution in [3.63, 3.8) is 0 Å². The van der Waals surface area contributed by atoms with Crippen LogP contribution in [0.15, 0.2) is 36.9 Å². The van der Waals surface area contributed by atoms with E-state index in [-0.39, 0.29) is 0 Å². The highest BCUT2D eigenvalue weighted by molar-refractivity contribution is 5.72. The molecule has 0 spiro atoms. The van der Waals surface area contributed by atoms with Crippen LogP contribution in [0.2, 0.25) is 0 Å². The van der Waals surface area contributed by atoms with E-state index in [1.165, 1.54) is 19.4 Å². The van der Waals surface area contributed by atoms with E-state index >= 15 is 0 Å². The molecule has 0 saturated heterocycles. The Morgan fingerprint density at radius 3 is 1.50 bits per heavy atom. The molecule has 0 bridgehead atoms. The molecule has 20 heavy (non-hydrogen) atoms. The molecule has 0 amide bonds.